The second-order valence-electron chi connectivity index (χ2n) is 5.76. The standard InChI is InChI=1S/C13H19BrN2/c1-9-5-11(14)6-15-12(9)16-7-10(8-16)13(2,3)4/h5-6,10H,7-8H2,1-4H3. The highest BCUT2D eigenvalue weighted by Crippen LogP contribution is 2.36. The van der Waals surface area contributed by atoms with Gasteiger partial charge in [0.25, 0.3) is 0 Å². The van der Waals surface area contributed by atoms with Crippen LogP contribution in [0.1, 0.15) is 26.3 Å². The second kappa shape index (κ2) is 4.02. The Bertz CT molecular complexity index is 389. The minimum atomic E-state index is 0.416. The highest BCUT2D eigenvalue weighted by molar-refractivity contribution is 9.10. The van der Waals surface area contributed by atoms with Gasteiger partial charge in [-0.1, -0.05) is 20.8 Å². The highest BCUT2D eigenvalue weighted by atomic mass is 79.9. The summed E-state index contributed by atoms with van der Waals surface area (Å²) in [6.07, 6.45) is 1.88. The molecular weight excluding hydrogens is 264 g/mol. The van der Waals surface area contributed by atoms with E-state index in [0.29, 0.717) is 5.41 Å². The Balaban J connectivity index is 2.07. The summed E-state index contributed by atoms with van der Waals surface area (Å²) in [5.74, 6) is 1.93. The molecule has 88 valence electrons. The van der Waals surface area contributed by atoms with E-state index in [2.05, 4.69) is 59.6 Å². The molecule has 0 unspecified atom stereocenters. The fourth-order valence-electron chi connectivity index (χ4n) is 2.06. The average molecular weight is 283 g/mol. The molecule has 0 spiro atoms. The van der Waals surface area contributed by atoms with Crippen molar-refractivity contribution in [2.45, 2.75) is 27.7 Å². The number of nitrogens with zero attached hydrogens (tertiary/aromatic N) is 2. The van der Waals surface area contributed by atoms with E-state index in [9.17, 15) is 0 Å². The van der Waals surface area contributed by atoms with E-state index in [-0.39, 0.29) is 0 Å². The summed E-state index contributed by atoms with van der Waals surface area (Å²) in [7, 11) is 0. The van der Waals surface area contributed by atoms with Gasteiger partial charge in [0.1, 0.15) is 5.82 Å². The molecule has 16 heavy (non-hydrogen) atoms. The first kappa shape index (κ1) is 11.9. The van der Waals surface area contributed by atoms with Gasteiger partial charge < -0.3 is 4.90 Å². The van der Waals surface area contributed by atoms with Gasteiger partial charge in [-0.25, -0.2) is 4.98 Å². The molecule has 1 aliphatic rings. The molecule has 0 atom stereocenters. The molecule has 0 N–H and O–H groups in total. The van der Waals surface area contributed by atoms with Crippen molar-refractivity contribution in [3.63, 3.8) is 0 Å². The van der Waals surface area contributed by atoms with Gasteiger partial charge in [0.15, 0.2) is 0 Å². The van der Waals surface area contributed by atoms with Gasteiger partial charge in [-0.3, -0.25) is 0 Å². The summed E-state index contributed by atoms with van der Waals surface area (Å²) in [6.45, 7) is 11.3. The Morgan fingerprint density at radius 2 is 2.00 bits per heavy atom. The zero-order valence-corrected chi connectivity index (χ0v) is 12.0. The minimum absolute atomic E-state index is 0.416. The lowest BCUT2D eigenvalue weighted by Gasteiger charge is -2.47. The molecule has 1 saturated heterocycles. The van der Waals surface area contributed by atoms with Crippen LogP contribution in [0.3, 0.4) is 0 Å². The normalized spacial score (nSPS) is 17.4. The number of hydrogen-bond acceptors (Lipinski definition) is 2. The highest BCUT2D eigenvalue weighted by Gasteiger charge is 2.36. The summed E-state index contributed by atoms with van der Waals surface area (Å²) in [4.78, 5) is 6.87. The molecule has 0 aromatic carbocycles. The lowest BCUT2D eigenvalue weighted by Crippen LogP contribution is -2.52. The molecule has 0 bridgehead atoms. The molecule has 0 aliphatic carbocycles. The van der Waals surface area contributed by atoms with Gasteiger partial charge in [-0.05, 0) is 45.8 Å². The van der Waals surface area contributed by atoms with Crippen LogP contribution in [0.5, 0.6) is 0 Å². The summed E-state index contributed by atoms with van der Waals surface area (Å²) in [5, 5.41) is 0. The molecule has 2 heterocycles. The topological polar surface area (TPSA) is 16.1 Å². The van der Waals surface area contributed by atoms with Crippen molar-refractivity contribution >= 4 is 21.7 Å². The van der Waals surface area contributed by atoms with Crippen LogP contribution in [-0.4, -0.2) is 18.1 Å². The molecule has 1 fully saturated rings. The van der Waals surface area contributed by atoms with E-state index in [4.69, 9.17) is 0 Å². The molecule has 0 radical (unpaired) electrons. The van der Waals surface area contributed by atoms with E-state index in [0.717, 1.165) is 29.3 Å². The van der Waals surface area contributed by atoms with Gasteiger partial charge in [-0.15, -0.1) is 0 Å². The lowest BCUT2D eigenvalue weighted by atomic mass is 9.76. The Hall–Kier alpha value is -0.570. The van der Waals surface area contributed by atoms with E-state index in [1.807, 2.05) is 6.20 Å². The number of hydrogen-bond donors (Lipinski definition) is 0. The first-order valence-electron chi connectivity index (χ1n) is 5.75. The molecule has 2 rings (SSSR count). The number of aryl methyl sites for hydroxylation is 1. The van der Waals surface area contributed by atoms with Crippen molar-refractivity contribution < 1.29 is 0 Å². The van der Waals surface area contributed by atoms with Crippen LogP contribution in [0.15, 0.2) is 16.7 Å². The lowest BCUT2D eigenvalue weighted by molar-refractivity contribution is 0.194. The van der Waals surface area contributed by atoms with Crippen LogP contribution in [0.2, 0.25) is 0 Å². The largest absolute Gasteiger partial charge is 0.356 e. The predicted octanol–water partition coefficient (Wildman–Crippen LogP) is 3.63. The number of aromatic nitrogens is 1. The van der Waals surface area contributed by atoms with Crippen LogP contribution in [0, 0.1) is 18.3 Å². The van der Waals surface area contributed by atoms with Crippen LogP contribution in [0.25, 0.3) is 0 Å². The predicted molar refractivity (Wildman–Crippen MR) is 71.8 cm³/mol. The van der Waals surface area contributed by atoms with Crippen molar-refractivity contribution in [3.05, 3.63) is 22.3 Å². The fraction of sp³-hybridized carbons (Fsp3) is 0.615. The van der Waals surface area contributed by atoms with E-state index in [1.54, 1.807) is 0 Å². The fourth-order valence-corrected chi connectivity index (χ4v) is 2.51. The van der Waals surface area contributed by atoms with Crippen LogP contribution >= 0.6 is 15.9 Å². The van der Waals surface area contributed by atoms with Gasteiger partial charge in [0, 0.05) is 23.8 Å². The van der Waals surface area contributed by atoms with Crippen LogP contribution < -0.4 is 4.90 Å². The van der Waals surface area contributed by atoms with E-state index in [1.165, 1.54) is 5.56 Å². The molecular formula is C13H19BrN2. The maximum atomic E-state index is 4.50. The number of anilines is 1. The van der Waals surface area contributed by atoms with Crippen LogP contribution in [-0.2, 0) is 0 Å². The van der Waals surface area contributed by atoms with Crippen molar-refractivity contribution in [2.75, 3.05) is 18.0 Å². The summed E-state index contributed by atoms with van der Waals surface area (Å²) in [5.41, 5.74) is 1.67. The zero-order valence-electron chi connectivity index (χ0n) is 10.4. The van der Waals surface area contributed by atoms with Gasteiger partial charge >= 0.3 is 0 Å². The monoisotopic (exact) mass is 282 g/mol. The smallest absolute Gasteiger partial charge is 0.131 e. The molecule has 0 amide bonds. The quantitative estimate of drug-likeness (QED) is 0.782. The van der Waals surface area contributed by atoms with Gasteiger partial charge in [0.05, 0.1) is 0 Å². The molecule has 1 aromatic rings. The third-order valence-electron chi connectivity index (χ3n) is 3.42. The third-order valence-corrected chi connectivity index (χ3v) is 3.86. The Morgan fingerprint density at radius 3 is 2.50 bits per heavy atom. The summed E-state index contributed by atoms with van der Waals surface area (Å²) < 4.78 is 1.06. The number of pyridine rings is 1. The first-order chi connectivity index (χ1) is 7.38. The van der Waals surface area contributed by atoms with E-state index < -0.39 is 0 Å². The zero-order chi connectivity index (χ0) is 11.9. The van der Waals surface area contributed by atoms with Crippen LogP contribution in [0.4, 0.5) is 5.82 Å². The first-order valence-corrected chi connectivity index (χ1v) is 6.54. The maximum Gasteiger partial charge on any atom is 0.131 e. The number of halogens is 1. The molecule has 1 aliphatic heterocycles. The minimum Gasteiger partial charge on any atom is -0.356 e. The molecule has 2 nitrogen and oxygen atoms in total. The Morgan fingerprint density at radius 1 is 1.38 bits per heavy atom. The molecule has 3 heteroatoms. The van der Waals surface area contributed by atoms with E-state index >= 15 is 0 Å². The SMILES string of the molecule is Cc1cc(Br)cnc1N1CC(C(C)(C)C)C1. The van der Waals surface area contributed by atoms with Gasteiger partial charge in [-0.2, -0.15) is 0 Å². The molecule has 1 aromatic heterocycles. The van der Waals surface area contributed by atoms with Crippen molar-refractivity contribution in [3.8, 4) is 0 Å². The Kier molecular flexibility index (Phi) is 2.99. The van der Waals surface area contributed by atoms with Gasteiger partial charge in [0.2, 0.25) is 0 Å². The van der Waals surface area contributed by atoms with Crippen molar-refractivity contribution in [1.82, 2.24) is 4.98 Å². The molecule has 0 saturated carbocycles. The summed E-state index contributed by atoms with van der Waals surface area (Å²) >= 11 is 3.45. The number of rotatable bonds is 1. The average Bonchev–Trinajstić information content (AvgIpc) is 2.03. The third kappa shape index (κ3) is 2.24. The van der Waals surface area contributed by atoms with Crippen molar-refractivity contribution in [2.24, 2.45) is 11.3 Å². The Labute approximate surface area is 106 Å². The van der Waals surface area contributed by atoms with Crippen molar-refractivity contribution in [1.29, 1.82) is 0 Å². The maximum absolute atomic E-state index is 4.50. The summed E-state index contributed by atoms with van der Waals surface area (Å²) in [6, 6.07) is 2.13. The second-order valence-corrected chi connectivity index (χ2v) is 6.68.